The van der Waals surface area contributed by atoms with Crippen molar-refractivity contribution in [2.75, 3.05) is 0 Å². The topological polar surface area (TPSA) is 0 Å². The fraction of sp³-hybridized carbons (Fsp3) is 0.600. The Labute approximate surface area is 92.7 Å². The summed E-state index contributed by atoms with van der Waals surface area (Å²) in [6.07, 6.45) is 2.87. The summed E-state index contributed by atoms with van der Waals surface area (Å²) >= 11 is 0. The lowest BCUT2D eigenvalue weighted by Gasteiger charge is -2.35. The molecule has 0 saturated heterocycles. The monoisotopic (exact) mass is 200 g/mol. The van der Waals surface area contributed by atoms with Crippen LogP contribution in [0.1, 0.15) is 45.1 Å². The molecule has 0 radical (unpaired) electrons. The smallest absolute Gasteiger partial charge is 0.0102 e. The van der Waals surface area contributed by atoms with Crippen molar-refractivity contribution in [3.05, 3.63) is 35.9 Å². The second-order valence-electron chi connectivity index (χ2n) is 6.24. The molecular formula is C15H20. The standard InChI is InChI=1S/C15H20/c1-14(2)13(9-12-10-15(12,14)3)11-7-5-4-6-8-11/h4-8,12-13H,9-10H2,1-3H3. The summed E-state index contributed by atoms with van der Waals surface area (Å²) in [5.41, 5.74) is 2.67. The van der Waals surface area contributed by atoms with E-state index in [1.165, 1.54) is 12.8 Å². The molecule has 2 aliphatic carbocycles. The Balaban J connectivity index is 1.97. The van der Waals surface area contributed by atoms with Gasteiger partial charge in [-0.15, -0.1) is 0 Å². The molecule has 3 rings (SSSR count). The molecule has 0 aliphatic heterocycles. The highest BCUT2D eigenvalue weighted by molar-refractivity contribution is 5.30. The van der Waals surface area contributed by atoms with Gasteiger partial charge < -0.3 is 0 Å². The summed E-state index contributed by atoms with van der Waals surface area (Å²) in [5, 5.41) is 0. The Bertz CT molecular complexity index is 376. The zero-order valence-corrected chi connectivity index (χ0v) is 9.96. The van der Waals surface area contributed by atoms with Crippen molar-refractivity contribution in [2.45, 2.75) is 39.5 Å². The Morgan fingerprint density at radius 3 is 2.27 bits per heavy atom. The van der Waals surface area contributed by atoms with Gasteiger partial charge in [0.2, 0.25) is 0 Å². The predicted octanol–water partition coefficient (Wildman–Crippen LogP) is 4.23. The van der Waals surface area contributed by atoms with Gasteiger partial charge in [-0.05, 0) is 41.1 Å². The molecule has 0 heteroatoms. The van der Waals surface area contributed by atoms with E-state index in [1.807, 2.05) is 0 Å². The van der Waals surface area contributed by atoms with Gasteiger partial charge in [-0.25, -0.2) is 0 Å². The van der Waals surface area contributed by atoms with Crippen molar-refractivity contribution in [2.24, 2.45) is 16.7 Å². The van der Waals surface area contributed by atoms with Gasteiger partial charge in [-0.1, -0.05) is 51.1 Å². The minimum absolute atomic E-state index is 0.485. The lowest BCUT2D eigenvalue weighted by atomic mass is 9.69. The van der Waals surface area contributed by atoms with Crippen molar-refractivity contribution in [1.29, 1.82) is 0 Å². The number of hydrogen-bond acceptors (Lipinski definition) is 0. The van der Waals surface area contributed by atoms with E-state index in [0.29, 0.717) is 10.8 Å². The highest BCUT2D eigenvalue weighted by atomic mass is 14.7. The summed E-state index contributed by atoms with van der Waals surface area (Å²) in [6, 6.07) is 11.1. The van der Waals surface area contributed by atoms with Crippen LogP contribution in [-0.4, -0.2) is 0 Å². The van der Waals surface area contributed by atoms with Crippen LogP contribution in [0.25, 0.3) is 0 Å². The van der Waals surface area contributed by atoms with Crippen LogP contribution in [0.5, 0.6) is 0 Å². The lowest BCUT2D eigenvalue weighted by Crippen LogP contribution is -2.26. The van der Waals surface area contributed by atoms with E-state index in [9.17, 15) is 0 Å². The maximum atomic E-state index is 2.49. The summed E-state index contributed by atoms with van der Waals surface area (Å²) in [4.78, 5) is 0. The van der Waals surface area contributed by atoms with Gasteiger partial charge in [-0.3, -0.25) is 0 Å². The van der Waals surface area contributed by atoms with E-state index >= 15 is 0 Å². The number of rotatable bonds is 1. The Morgan fingerprint density at radius 2 is 1.73 bits per heavy atom. The van der Waals surface area contributed by atoms with Gasteiger partial charge >= 0.3 is 0 Å². The molecule has 1 aromatic rings. The largest absolute Gasteiger partial charge is 0.0622 e. The third-order valence-corrected chi connectivity index (χ3v) is 5.48. The SMILES string of the molecule is CC1(C)C(c2ccccc2)CC2CC21C. The molecule has 3 atom stereocenters. The Hall–Kier alpha value is -0.780. The second-order valence-corrected chi connectivity index (χ2v) is 6.24. The van der Waals surface area contributed by atoms with Crippen LogP contribution in [-0.2, 0) is 0 Å². The van der Waals surface area contributed by atoms with Crippen LogP contribution >= 0.6 is 0 Å². The van der Waals surface area contributed by atoms with E-state index in [4.69, 9.17) is 0 Å². The molecule has 2 saturated carbocycles. The van der Waals surface area contributed by atoms with E-state index in [1.54, 1.807) is 5.56 Å². The Morgan fingerprint density at radius 1 is 1.07 bits per heavy atom. The first kappa shape index (κ1) is 9.45. The fourth-order valence-corrected chi connectivity index (χ4v) is 3.80. The Kier molecular flexibility index (Phi) is 1.68. The zero-order chi connectivity index (χ0) is 10.7. The van der Waals surface area contributed by atoms with Crippen molar-refractivity contribution in [1.82, 2.24) is 0 Å². The summed E-state index contributed by atoms with van der Waals surface area (Å²) in [5.74, 6) is 1.78. The van der Waals surface area contributed by atoms with E-state index in [2.05, 4.69) is 51.1 Å². The summed E-state index contributed by atoms with van der Waals surface area (Å²) < 4.78 is 0. The van der Waals surface area contributed by atoms with Crippen LogP contribution in [0.15, 0.2) is 30.3 Å². The molecule has 0 amide bonds. The molecule has 2 fully saturated rings. The molecule has 2 aliphatic rings. The first-order valence-electron chi connectivity index (χ1n) is 6.11. The molecule has 0 N–H and O–H groups in total. The highest BCUT2D eigenvalue weighted by Crippen LogP contribution is 2.75. The van der Waals surface area contributed by atoms with Crippen molar-refractivity contribution in [3.63, 3.8) is 0 Å². The quantitative estimate of drug-likeness (QED) is 0.636. The average molecular weight is 200 g/mol. The van der Waals surface area contributed by atoms with Crippen LogP contribution in [0.2, 0.25) is 0 Å². The molecule has 0 spiro atoms. The molecule has 0 nitrogen and oxygen atoms in total. The maximum absolute atomic E-state index is 2.49. The van der Waals surface area contributed by atoms with E-state index in [0.717, 1.165) is 11.8 Å². The second kappa shape index (κ2) is 2.66. The number of benzene rings is 1. The normalized spacial score (nSPS) is 41.3. The van der Waals surface area contributed by atoms with Crippen LogP contribution in [0.4, 0.5) is 0 Å². The van der Waals surface area contributed by atoms with Crippen LogP contribution in [0.3, 0.4) is 0 Å². The molecular weight excluding hydrogens is 180 g/mol. The molecule has 80 valence electrons. The van der Waals surface area contributed by atoms with Gasteiger partial charge in [0, 0.05) is 0 Å². The molecule has 0 aromatic heterocycles. The molecule has 15 heavy (non-hydrogen) atoms. The van der Waals surface area contributed by atoms with Gasteiger partial charge in [0.1, 0.15) is 0 Å². The predicted molar refractivity (Wildman–Crippen MR) is 63.8 cm³/mol. The number of fused-ring (bicyclic) bond motifs is 1. The van der Waals surface area contributed by atoms with Crippen LogP contribution < -0.4 is 0 Å². The van der Waals surface area contributed by atoms with Gasteiger partial charge in [0.05, 0.1) is 0 Å². The fourth-order valence-electron chi connectivity index (χ4n) is 3.80. The highest BCUT2D eigenvalue weighted by Gasteiger charge is 2.67. The van der Waals surface area contributed by atoms with Crippen molar-refractivity contribution in [3.8, 4) is 0 Å². The van der Waals surface area contributed by atoms with E-state index < -0.39 is 0 Å². The van der Waals surface area contributed by atoms with Crippen LogP contribution in [0, 0.1) is 16.7 Å². The third-order valence-electron chi connectivity index (χ3n) is 5.48. The van der Waals surface area contributed by atoms with Gasteiger partial charge in [-0.2, -0.15) is 0 Å². The first-order chi connectivity index (χ1) is 7.06. The summed E-state index contributed by atoms with van der Waals surface area (Å²) in [7, 11) is 0. The molecule has 0 heterocycles. The molecule has 3 unspecified atom stereocenters. The minimum Gasteiger partial charge on any atom is -0.0622 e. The minimum atomic E-state index is 0.485. The lowest BCUT2D eigenvalue weighted by molar-refractivity contribution is 0.196. The maximum Gasteiger partial charge on any atom is -0.0102 e. The van der Waals surface area contributed by atoms with Crippen molar-refractivity contribution < 1.29 is 0 Å². The average Bonchev–Trinajstić information content (AvgIpc) is 2.84. The van der Waals surface area contributed by atoms with Crippen molar-refractivity contribution >= 4 is 0 Å². The molecule has 0 bridgehead atoms. The third kappa shape index (κ3) is 1.08. The first-order valence-corrected chi connectivity index (χ1v) is 6.11. The van der Waals surface area contributed by atoms with Gasteiger partial charge in [0.25, 0.3) is 0 Å². The summed E-state index contributed by atoms with van der Waals surface area (Å²) in [6.45, 7) is 7.43. The van der Waals surface area contributed by atoms with E-state index in [-0.39, 0.29) is 0 Å². The zero-order valence-electron chi connectivity index (χ0n) is 9.96. The number of hydrogen-bond donors (Lipinski definition) is 0. The molecule has 1 aromatic carbocycles. The van der Waals surface area contributed by atoms with Gasteiger partial charge in [0.15, 0.2) is 0 Å².